The molecule has 0 aromatic carbocycles. The third-order valence-corrected chi connectivity index (χ3v) is 1.20. The summed E-state index contributed by atoms with van der Waals surface area (Å²) >= 11 is 0. The van der Waals surface area contributed by atoms with Crippen LogP contribution in [0.4, 0.5) is 0 Å². The second kappa shape index (κ2) is 5.01. The Hall–Kier alpha value is -1.71. The van der Waals surface area contributed by atoms with E-state index in [0.29, 0.717) is 6.54 Å². The van der Waals surface area contributed by atoms with Gasteiger partial charge >= 0.3 is 0 Å². The zero-order valence-corrected chi connectivity index (χ0v) is 6.59. The lowest BCUT2D eigenvalue weighted by Crippen LogP contribution is -1.98. The molecule has 0 aromatic rings. The van der Waals surface area contributed by atoms with Gasteiger partial charge in [0.15, 0.2) is 0 Å². The third kappa shape index (κ3) is 2.92. The molecule has 0 radical (unpaired) electrons. The molecular formula is C8H10N4. The van der Waals surface area contributed by atoms with E-state index in [1.165, 1.54) is 0 Å². The lowest BCUT2D eigenvalue weighted by molar-refractivity contribution is 0.548. The summed E-state index contributed by atoms with van der Waals surface area (Å²) in [4.78, 5) is 0. The molecule has 0 unspecified atom stereocenters. The molecule has 4 nitrogen and oxygen atoms in total. The highest BCUT2D eigenvalue weighted by molar-refractivity contribution is 5.71. The molecule has 12 heavy (non-hydrogen) atoms. The Morgan fingerprint density at radius 1 is 1.42 bits per heavy atom. The first-order valence-electron chi connectivity index (χ1n) is 3.59. The second-order valence-electron chi connectivity index (χ2n) is 2.10. The highest BCUT2D eigenvalue weighted by atomic mass is 15.4. The average molecular weight is 162 g/mol. The predicted molar refractivity (Wildman–Crippen MR) is 47.8 cm³/mol. The van der Waals surface area contributed by atoms with E-state index in [1.54, 1.807) is 23.5 Å². The fourth-order valence-corrected chi connectivity index (χ4v) is 0.702. The molecule has 0 aromatic heterocycles. The van der Waals surface area contributed by atoms with Crippen LogP contribution in [0.25, 0.3) is 0 Å². The van der Waals surface area contributed by atoms with Crippen LogP contribution in [0.1, 0.15) is 0 Å². The van der Waals surface area contributed by atoms with Gasteiger partial charge in [-0.05, 0) is 18.2 Å². The smallest absolute Gasteiger partial charge is 0.0795 e. The minimum absolute atomic E-state index is 0.396. The zero-order chi connectivity index (χ0) is 8.65. The molecule has 0 atom stereocenters. The number of nitrogens with zero attached hydrogens (tertiary/aromatic N) is 3. The Balaban J connectivity index is 2.47. The molecule has 0 spiro atoms. The van der Waals surface area contributed by atoms with Crippen LogP contribution in [-0.4, -0.2) is 17.8 Å². The first kappa shape index (κ1) is 8.39. The summed E-state index contributed by atoms with van der Waals surface area (Å²) in [6.45, 7) is 0.396. The maximum absolute atomic E-state index is 6.55. The summed E-state index contributed by atoms with van der Waals surface area (Å²) in [7, 11) is 0. The van der Waals surface area contributed by atoms with Crippen molar-refractivity contribution in [2.24, 2.45) is 10.2 Å². The van der Waals surface area contributed by atoms with Crippen LogP contribution < -0.4 is 0 Å². The SMILES string of the molecule is N=NCC=CN1C=CC=CC=N1. The van der Waals surface area contributed by atoms with Crippen LogP contribution in [0.5, 0.6) is 0 Å². The first-order valence-corrected chi connectivity index (χ1v) is 3.59. The van der Waals surface area contributed by atoms with Gasteiger partial charge in [-0.15, -0.1) is 0 Å². The van der Waals surface area contributed by atoms with Crippen molar-refractivity contribution in [3.05, 3.63) is 36.7 Å². The Morgan fingerprint density at radius 3 is 3.17 bits per heavy atom. The molecule has 0 saturated heterocycles. The number of allylic oxidation sites excluding steroid dienone is 3. The van der Waals surface area contributed by atoms with Crippen LogP contribution in [0.2, 0.25) is 0 Å². The van der Waals surface area contributed by atoms with Gasteiger partial charge in [-0.3, -0.25) is 0 Å². The Labute approximate surface area is 71.1 Å². The van der Waals surface area contributed by atoms with Crippen LogP contribution in [0, 0.1) is 5.53 Å². The Bertz CT molecular complexity index is 234. The van der Waals surface area contributed by atoms with Crippen LogP contribution >= 0.6 is 0 Å². The molecule has 0 amide bonds. The van der Waals surface area contributed by atoms with Gasteiger partial charge < -0.3 is 0 Å². The van der Waals surface area contributed by atoms with E-state index in [0.717, 1.165) is 0 Å². The molecule has 0 saturated carbocycles. The van der Waals surface area contributed by atoms with Crippen molar-refractivity contribution in [2.45, 2.75) is 0 Å². The topological polar surface area (TPSA) is 51.8 Å². The van der Waals surface area contributed by atoms with E-state index < -0.39 is 0 Å². The van der Waals surface area contributed by atoms with Crippen molar-refractivity contribution < 1.29 is 0 Å². The van der Waals surface area contributed by atoms with Crippen molar-refractivity contribution in [2.75, 3.05) is 6.54 Å². The number of nitrogens with one attached hydrogen (secondary N) is 1. The average Bonchev–Trinajstić information content (AvgIpc) is 2.33. The van der Waals surface area contributed by atoms with Crippen molar-refractivity contribution in [1.82, 2.24) is 5.01 Å². The minimum atomic E-state index is 0.396. The van der Waals surface area contributed by atoms with Crippen LogP contribution in [-0.2, 0) is 0 Å². The lowest BCUT2D eigenvalue weighted by atomic mass is 10.5. The van der Waals surface area contributed by atoms with Crippen molar-refractivity contribution in [3.8, 4) is 0 Å². The number of hydrogen-bond donors (Lipinski definition) is 1. The molecule has 0 aliphatic carbocycles. The van der Waals surface area contributed by atoms with E-state index in [1.807, 2.05) is 24.4 Å². The van der Waals surface area contributed by atoms with E-state index in [9.17, 15) is 0 Å². The summed E-state index contributed by atoms with van der Waals surface area (Å²) < 4.78 is 0. The van der Waals surface area contributed by atoms with Gasteiger partial charge in [0.05, 0.1) is 6.54 Å². The summed E-state index contributed by atoms with van der Waals surface area (Å²) in [6, 6.07) is 0. The van der Waals surface area contributed by atoms with Gasteiger partial charge in [0, 0.05) is 18.6 Å². The minimum Gasteiger partial charge on any atom is -0.249 e. The van der Waals surface area contributed by atoms with Gasteiger partial charge in [0.1, 0.15) is 0 Å². The second-order valence-corrected chi connectivity index (χ2v) is 2.10. The maximum Gasteiger partial charge on any atom is 0.0795 e. The Kier molecular flexibility index (Phi) is 3.50. The van der Waals surface area contributed by atoms with Crippen molar-refractivity contribution >= 4 is 6.21 Å². The molecule has 1 heterocycles. The monoisotopic (exact) mass is 162 g/mol. The summed E-state index contributed by atoms with van der Waals surface area (Å²) in [5.41, 5.74) is 6.55. The normalized spacial score (nSPS) is 15.5. The highest BCUT2D eigenvalue weighted by Gasteiger charge is 1.87. The molecule has 1 rings (SSSR count). The van der Waals surface area contributed by atoms with Gasteiger partial charge in [-0.25, -0.2) is 10.5 Å². The van der Waals surface area contributed by atoms with E-state index in [2.05, 4.69) is 10.2 Å². The molecule has 1 aliphatic rings. The molecule has 1 N–H and O–H groups in total. The number of hydrazone groups is 1. The predicted octanol–water partition coefficient (Wildman–Crippen LogP) is 1.90. The number of hydrogen-bond acceptors (Lipinski definition) is 4. The van der Waals surface area contributed by atoms with Crippen molar-refractivity contribution in [1.29, 1.82) is 5.53 Å². The summed E-state index contributed by atoms with van der Waals surface area (Å²) in [5.74, 6) is 0. The first-order chi connectivity index (χ1) is 5.93. The van der Waals surface area contributed by atoms with Crippen LogP contribution in [0.15, 0.2) is 46.9 Å². The third-order valence-electron chi connectivity index (χ3n) is 1.20. The maximum atomic E-state index is 6.55. The Morgan fingerprint density at radius 2 is 2.33 bits per heavy atom. The quantitative estimate of drug-likeness (QED) is 0.633. The molecule has 0 bridgehead atoms. The zero-order valence-electron chi connectivity index (χ0n) is 6.59. The number of rotatable bonds is 3. The fourth-order valence-electron chi connectivity index (χ4n) is 0.702. The van der Waals surface area contributed by atoms with E-state index in [4.69, 9.17) is 5.53 Å². The molecule has 0 fully saturated rings. The molecule has 4 heteroatoms. The molecule has 1 aliphatic heterocycles. The van der Waals surface area contributed by atoms with Crippen molar-refractivity contribution in [3.63, 3.8) is 0 Å². The molecule has 62 valence electrons. The lowest BCUT2D eigenvalue weighted by Gasteiger charge is -2.04. The largest absolute Gasteiger partial charge is 0.249 e. The highest BCUT2D eigenvalue weighted by Crippen LogP contribution is 1.96. The van der Waals surface area contributed by atoms with Gasteiger partial charge in [0.2, 0.25) is 0 Å². The van der Waals surface area contributed by atoms with E-state index >= 15 is 0 Å². The summed E-state index contributed by atoms with van der Waals surface area (Å²) in [6.07, 6.45) is 12.7. The van der Waals surface area contributed by atoms with E-state index in [-0.39, 0.29) is 0 Å². The van der Waals surface area contributed by atoms with Gasteiger partial charge in [-0.2, -0.15) is 10.2 Å². The molecular weight excluding hydrogens is 152 g/mol. The standard InChI is InChI=1S/C8H10N4/c9-10-5-4-8-12-7-3-1-2-6-11-12/h1-4,6-9H,5H2. The van der Waals surface area contributed by atoms with Gasteiger partial charge in [-0.1, -0.05) is 6.08 Å². The van der Waals surface area contributed by atoms with Crippen LogP contribution in [0.3, 0.4) is 0 Å². The fraction of sp³-hybridized carbons (Fsp3) is 0.125. The van der Waals surface area contributed by atoms with Gasteiger partial charge in [0.25, 0.3) is 0 Å². The summed E-state index contributed by atoms with van der Waals surface area (Å²) in [5, 5.41) is 8.89.